The zero-order chi connectivity index (χ0) is 19.9. The van der Waals surface area contributed by atoms with Crippen LogP contribution in [-0.2, 0) is 14.3 Å². The van der Waals surface area contributed by atoms with E-state index in [1.807, 2.05) is 0 Å². The normalized spacial score (nSPS) is 39.0. The van der Waals surface area contributed by atoms with E-state index in [0.717, 1.165) is 36.8 Å². The van der Waals surface area contributed by atoms with E-state index in [1.54, 1.807) is 0 Å². The van der Waals surface area contributed by atoms with Crippen LogP contribution >= 0.6 is 0 Å². The predicted octanol–water partition coefficient (Wildman–Crippen LogP) is 3.56. The van der Waals surface area contributed by atoms with Crippen LogP contribution in [0.15, 0.2) is 22.8 Å². The van der Waals surface area contributed by atoms with Gasteiger partial charge in [-0.15, -0.1) is 0 Å². The van der Waals surface area contributed by atoms with Gasteiger partial charge in [0.1, 0.15) is 6.10 Å². The summed E-state index contributed by atoms with van der Waals surface area (Å²) in [6.07, 6.45) is 3.43. The summed E-state index contributed by atoms with van der Waals surface area (Å²) in [6, 6.07) is 0. The summed E-state index contributed by atoms with van der Waals surface area (Å²) in [5.74, 6) is 0.932. The highest BCUT2D eigenvalue weighted by atomic mass is 16.7. The SMILES string of the molecule is CC(=O)O[C@@H]1CC(C)C2CC2C2=C(C(O)OC2O)[C@@H]1C(C)CCC=C(C)C. The maximum atomic E-state index is 11.8. The van der Waals surface area contributed by atoms with Crippen LogP contribution in [0.25, 0.3) is 0 Å². The molecule has 3 aliphatic rings. The second kappa shape index (κ2) is 8.06. The Morgan fingerprint density at radius 1 is 1.22 bits per heavy atom. The predicted molar refractivity (Wildman–Crippen MR) is 102 cm³/mol. The highest BCUT2D eigenvalue weighted by Gasteiger charge is 2.55. The number of carbonyl (C=O) groups excluding carboxylic acids is 1. The molecule has 8 atom stereocenters. The van der Waals surface area contributed by atoms with Crippen molar-refractivity contribution in [3.05, 3.63) is 22.8 Å². The first kappa shape index (κ1) is 20.6. The summed E-state index contributed by atoms with van der Waals surface area (Å²) in [5, 5.41) is 21.1. The average Bonchev–Trinajstić information content (AvgIpc) is 3.26. The van der Waals surface area contributed by atoms with Crippen molar-refractivity contribution in [3.63, 3.8) is 0 Å². The van der Waals surface area contributed by atoms with Gasteiger partial charge in [-0.25, -0.2) is 0 Å². The molecule has 27 heavy (non-hydrogen) atoms. The van der Waals surface area contributed by atoms with Crippen molar-refractivity contribution in [1.82, 2.24) is 0 Å². The monoisotopic (exact) mass is 378 g/mol. The number of esters is 1. The Kier molecular flexibility index (Phi) is 6.14. The van der Waals surface area contributed by atoms with E-state index in [0.29, 0.717) is 11.8 Å². The van der Waals surface area contributed by atoms with Gasteiger partial charge >= 0.3 is 5.97 Å². The molecule has 0 bridgehead atoms. The molecule has 1 saturated carbocycles. The minimum atomic E-state index is -1.11. The minimum absolute atomic E-state index is 0.134. The quantitative estimate of drug-likeness (QED) is 0.565. The van der Waals surface area contributed by atoms with Crippen molar-refractivity contribution in [2.45, 2.75) is 79.0 Å². The van der Waals surface area contributed by atoms with Gasteiger partial charge in [-0.1, -0.05) is 25.5 Å². The Balaban J connectivity index is 1.97. The molecule has 0 radical (unpaired) electrons. The van der Waals surface area contributed by atoms with Gasteiger partial charge in [-0.3, -0.25) is 4.79 Å². The molecule has 0 amide bonds. The van der Waals surface area contributed by atoms with Crippen LogP contribution < -0.4 is 0 Å². The van der Waals surface area contributed by atoms with Gasteiger partial charge in [0.15, 0.2) is 12.6 Å². The Bertz CT molecular complexity index is 633. The number of ether oxygens (including phenoxy) is 2. The van der Waals surface area contributed by atoms with Crippen LogP contribution in [0.1, 0.15) is 60.3 Å². The lowest BCUT2D eigenvalue weighted by Gasteiger charge is -2.36. The highest BCUT2D eigenvalue weighted by molar-refractivity contribution is 5.66. The Morgan fingerprint density at radius 2 is 1.89 bits per heavy atom. The molecule has 1 fully saturated rings. The van der Waals surface area contributed by atoms with Gasteiger partial charge in [0.2, 0.25) is 0 Å². The summed E-state index contributed by atoms with van der Waals surface area (Å²) < 4.78 is 11.2. The summed E-state index contributed by atoms with van der Waals surface area (Å²) >= 11 is 0. The molecule has 5 heteroatoms. The number of aliphatic hydroxyl groups is 2. The fraction of sp³-hybridized carbons (Fsp3) is 0.773. The van der Waals surface area contributed by atoms with Gasteiger partial charge in [-0.05, 0) is 74.3 Å². The van der Waals surface area contributed by atoms with Crippen LogP contribution in [0, 0.1) is 29.6 Å². The number of hydrogen-bond acceptors (Lipinski definition) is 5. The molecular weight excluding hydrogens is 344 g/mol. The maximum absolute atomic E-state index is 11.8. The smallest absolute Gasteiger partial charge is 0.302 e. The molecule has 0 spiro atoms. The first-order chi connectivity index (χ1) is 12.7. The van der Waals surface area contributed by atoms with Crippen molar-refractivity contribution >= 4 is 5.97 Å². The average molecular weight is 379 g/mol. The molecule has 3 rings (SSSR count). The van der Waals surface area contributed by atoms with Crippen LogP contribution in [0.5, 0.6) is 0 Å². The number of allylic oxidation sites excluding steroid dienone is 2. The molecule has 2 aliphatic carbocycles. The van der Waals surface area contributed by atoms with Crippen LogP contribution in [-0.4, -0.2) is 34.9 Å². The molecule has 152 valence electrons. The van der Waals surface area contributed by atoms with E-state index in [2.05, 4.69) is 33.8 Å². The lowest BCUT2D eigenvalue weighted by atomic mass is 9.73. The summed E-state index contributed by atoms with van der Waals surface area (Å²) in [6.45, 7) is 9.97. The minimum Gasteiger partial charge on any atom is -0.462 e. The molecule has 1 heterocycles. The molecule has 1 aliphatic heterocycles. The third-order valence-corrected chi connectivity index (χ3v) is 6.56. The molecule has 0 aromatic carbocycles. The first-order valence-electron chi connectivity index (χ1n) is 10.3. The van der Waals surface area contributed by atoms with Gasteiger partial charge in [0, 0.05) is 12.8 Å². The lowest BCUT2D eigenvalue weighted by molar-refractivity contribution is -0.162. The third kappa shape index (κ3) is 4.30. The van der Waals surface area contributed by atoms with Crippen molar-refractivity contribution < 1.29 is 24.5 Å². The summed E-state index contributed by atoms with van der Waals surface area (Å²) in [4.78, 5) is 11.8. The van der Waals surface area contributed by atoms with Crippen molar-refractivity contribution in [3.8, 4) is 0 Å². The fourth-order valence-corrected chi connectivity index (χ4v) is 5.22. The zero-order valence-corrected chi connectivity index (χ0v) is 17.1. The molecule has 5 nitrogen and oxygen atoms in total. The molecule has 0 aromatic rings. The first-order valence-corrected chi connectivity index (χ1v) is 10.3. The molecular formula is C22H34O5. The lowest BCUT2D eigenvalue weighted by Crippen LogP contribution is -2.38. The molecule has 2 N–H and O–H groups in total. The maximum Gasteiger partial charge on any atom is 0.302 e. The second-order valence-electron chi connectivity index (χ2n) is 8.98. The zero-order valence-electron chi connectivity index (χ0n) is 17.1. The van der Waals surface area contributed by atoms with Crippen molar-refractivity contribution in [2.75, 3.05) is 0 Å². The fourth-order valence-electron chi connectivity index (χ4n) is 5.22. The number of rotatable bonds is 5. The topological polar surface area (TPSA) is 76.0 Å². The van der Waals surface area contributed by atoms with Crippen LogP contribution in [0.4, 0.5) is 0 Å². The van der Waals surface area contributed by atoms with Gasteiger partial charge < -0.3 is 19.7 Å². The van der Waals surface area contributed by atoms with Gasteiger partial charge in [0.05, 0.1) is 0 Å². The Labute approximate surface area is 162 Å². The third-order valence-electron chi connectivity index (χ3n) is 6.56. The van der Waals surface area contributed by atoms with E-state index in [9.17, 15) is 15.0 Å². The molecule has 6 unspecified atom stereocenters. The van der Waals surface area contributed by atoms with E-state index in [4.69, 9.17) is 9.47 Å². The van der Waals surface area contributed by atoms with Gasteiger partial charge in [0.25, 0.3) is 0 Å². The summed E-state index contributed by atoms with van der Waals surface area (Å²) in [5.41, 5.74) is 2.92. The molecule has 0 saturated heterocycles. The highest BCUT2D eigenvalue weighted by Crippen LogP contribution is 2.57. The second-order valence-corrected chi connectivity index (χ2v) is 8.98. The van der Waals surface area contributed by atoms with E-state index in [-0.39, 0.29) is 29.8 Å². The van der Waals surface area contributed by atoms with Crippen molar-refractivity contribution in [1.29, 1.82) is 0 Å². The van der Waals surface area contributed by atoms with Crippen LogP contribution in [0.2, 0.25) is 0 Å². The van der Waals surface area contributed by atoms with Crippen LogP contribution in [0.3, 0.4) is 0 Å². The summed E-state index contributed by atoms with van der Waals surface area (Å²) in [7, 11) is 0. The van der Waals surface area contributed by atoms with E-state index in [1.165, 1.54) is 12.5 Å². The Hall–Kier alpha value is -1.17. The van der Waals surface area contributed by atoms with Crippen molar-refractivity contribution in [2.24, 2.45) is 29.6 Å². The van der Waals surface area contributed by atoms with Gasteiger partial charge in [-0.2, -0.15) is 0 Å². The van der Waals surface area contributed by atoms with E-state index < -0.39 is 12.6 Å². The number of fused-ring (bicyclic) bond motifs is 2. The standard InChI is InChI=1S/C22H34O5/c1-11(2)7-6-8-12(3)18-17(26-14(5)23)9-13(4)15-10-16(15)19-20(18)22(25)27-21(19)24/h7,12-13,15-18,21-22,24-25H,6,8-10H2,1-5H3/t12?,13?,15?,16?,17-,18-,21?,22?/m1/s1. The largest absolute Gasteiger partial charge is 0.462 e. The number of aliphatic hydroxyl groups excluding tert-OH is 2. The number of hydrogen-bond donors (Lipinski definition) is 2. The molecule has 0 aromatic heterocycles. The Morgan fingerprint density at radius 3 is 2.52 bits per heavy atom. The van der Waals surface area contributed by atoms with E-state index >= 15 is 0 Å². The number of carbonyl (C=O) groups is 1.